The molecular formula is C18H21N6O3+. The van der Waals surface area contributed by atoms with Gasteiger partial charge >= 0.3 is 12.0 Å². The van der Waals surface area contributed by atoms with Crippen molar-refractivity contribution >= 4 is 29.4 Å². The van der Waals surface area contributed by atoms with E-state index in [9.17, 15) is 14.7 Å². The quantitative estimate of drug-likeness (QED) is 0.351. The Balaban J connectivity index is 1.93. The van der Waals surface area contributed by atoms with Gasteiger partial charge in [0.15, 0.2) is 0 Å². The van der Waals surface area contributed by atoms with Crippen molar-refractivity contribution in [2.75, 3.05) is 20.6 Å². The Morgan fingerprint density at radius 3 is 2.63 bits per heavy atom. The van der Waals surface area contributed by atoms with E-state index in [1.807, 2.05) is 6.92 Å². The molecule has 1 aromatic rings. The molecular weight excluding hydrogens is 348 g/mol. The van der Waals surface area contributed by atoms with E-state index in [-0.39, 0.29) is 11.7 Å². The highest BCUT2D eigenvalue weighted by Crippen LogP contribution is 2.18. The van der Waals surface area contributed by atoms with E-state index in [2.05, 4.69) is 22.1 Å². The number of amides is 3. The van der Waals surface area contributed by atoms with Crippen LogP contribution in [0.15, 0.2) is 47.0 Å². The number of imide groups is 1. The van der Waals surface area contributed by atoms with Crippen molar-refractivity contribution in [2.45, 2.75) is 13.0 Å². The van der Waals surface area contributed by atoms with Gasteiger partial charge in [0.25, 0.3) is 5.91 Å². The number of aliphatic imine (C=N–C) groups is 1. The molecule has 2 N–H and O–H groups in total. The van der Waals surface area contributed by atoms with Crippen molar-refractivity contribution < 1.29 is 19.3 Å². The summed E-state index contributed by atoms with van der Waals surface area (Å²) in [5.41, 5.74) is 4.37. The summed E-state index contributed by atoms with van der Waals surface area (Å²) in [4.78, 5) is 31.6. The fraction of sp³-hybridized carbons (Fsp3) is 0.278. The topological polar surface area (TPSA) is 101 Å². The fourth-order valence-electron chi connectivity index (χ4n) is 2.92. The highest BCUT2D eigenvalue weighted by molar-refractivity contribution is 6.22. The lowest BCUT2D eigenvalue weighted by atomic mass is 10.1. The second-order valence-corrected chi connectivity index (χ2v) is 6.23. The number of carbonyl (C=O) groups excluding carboxylic acids is 2. The summed E-state index contributed by atoms with van der Waals surface area (Å²) >= 11 is 0. The molecule has 27 heavy (non-hydrogen) atoms. The Labute approximate surface area is 156 Å². The smallest absolute Gasteiger partial charge is 0.414 e. The maximum atomic E-state index is 12.6. The number of rotatable bonds is 4. The number of carbonyl (C=O) groups is 2. The number of guanidine groups is 1. The molecule has 0 bridgehead atoms. The summed E-state index contributed by atoms with van der Waals surface area (Å²) in [5, 5.41) is 13.7. The summed E-state index contributed by atoms with van der Waals surface area (Å²) < 4.78 is 1.71. The first-order valence-corrected chi connectivity index (χ1v) is 8.33. The number of hydrazone groups is 1. The van der Waals surface area contributed by atoms with Gasteiger partial charge in [-0.3, -0.25) is 14.6 Å². The highest BCUT2D eigenvalue weighted by atomic mass is 16.3. The molecule has 2 aliphatic heterocycles. The van der Waals surface area contributed by atoms with Gasteiger partial charge in [-0.1, -0.05) is 17.6 Å². The zero-order valence-corrected chi connectivity index (χ0v) is 15.4. The number of fused-ring (bicyclic) bond motifs is 1. The molecule has 3 amide bonds. The number of phenolic OH excluding ortho intramolecular Hbond substituents is 1. The number of hydrogen-bond donors (Lipinski definition) is 2. The molecule has 1 fully saturated rings. The Morgan fingerprint density at radius 2 is 2.00 bits per heavy atom. The molecule has 140 valence electrons. The van der Waals surface area contributed by atoms with E-state index in [4.69, 9.17) is 0 Å². The minimum Gasteiger partial charge on any atom is -0.508 e. The van der Waals surface area contributed by atoms with Crippen LogP contribution in [-0.2, 0) is 4.79 Å². The van der Waals surface area contributed by atoms with Gasteiger partial charge in [-0.15, -0.1) is 5.10 Å². The van der Waals surface area contributed by atoms with Gasteiger partial charge in [-0.2, -0.15) is 5.43 Å². The second-order valence-electron chi connectivity index (χ2n) is 6.23. The first-order valence-electron chi connectivity index (χ1n) is 8.33. The van der Waals surface area contributed by atoms with E-state index < -0.39 is 12.1 Å². The van der Waals surface area contributed by atoms with E-state index in [1.54, 1.807) is 42.0 Å². The van der Waals surface area contributed by atoms with Gasteiger partial charge in [-0.25, -0.2) is 9.37 Å². The number of urea groups is 1. The van der Waals surface area contributed by atoms with Crippen LogP contribution in [0.5, 0.6) is 5.75 Å². The normalized spacial score (nSPS) is 20.0. The molecule has 0 saturated carbocycles. The SMILES string of the molecule is C=CC[N+]1=C(N/N=C(\C)c2ccc(O)cc2)N=C2C1C(=O)N(C)C(=O)N2C. The number of benzene rings is 1. The summed E-state index contributed by atoms with van der Waals surface area (Å²) in [6.07, 6.45) is 1.65. The Bertz CT molecular complexity index is 900. The van der Waals surface area contributed by atoms with Crippen LogP contribution in [-0.4, -0.2) is 75.6 Å². The highest BCUT2D eigenvalue weighted by Gasteiger charge is 2.51. The molecule has 9 nitrogen and oxygen atoms in total. The Hall–Kier alpha value is -3.49. The molecule has 1 saturated heterocycles. The van der Waals surface area contributed by atoms with Crippen molar-refractivity contribution in [3.63, 3.8) is 0 Å². The number of nitrogens with zero attached hydrogens (tertiary/aromatic N) is 5. The van der Waals surface area contributed by atoms with Gasteiger partial charge in [0.2, 0.25) is 11.9 Å². The summed E-state index contributed by atoms with van der Waals surface area (Å²) in [7, 11) is 3.03. The third kappa shape index (κ3) is 3.19. The minimum atomic E-state index is -0.706. The third-order valence-corrected chi connectivity index (χ3v) is 4.47. The summed E-state index contributed by atoms with van der Waals surface area (Å²) in [5.74, 6) is 0.531. The molecule has 2 aliphatic rings. The maximum absolute atomic E-state index is 12.6. The number of likely N-dealkylation sites (N-methyl/N-ethyl adjacent to an activating group) is 2. The number of phenols is 1. The second kappa shape index (κ2) is 7.02. The van der Waals surface area contributed by atoms with Crippen molar-refractivity contribution in [3.8, 4) is 5.75 Å². The average Bonchev–Trinajstić information content (AvgIpc) is 3.02. The first-order chi connectivity index (χ1) is 12.8. The predicted molar refractivity (Wildman–Crippen MR) is 101 cm³/mol. The van der Waals surface area contributed by atoms with Gasteiger partial charge in [0, 0.05) is 14.1 Å². The number of amidine groups is 1. The van der Waals surface area contributed by atoms with Gasteiger partial charge in [0.1, 0.15) is 5.75 Å². The lowest BCUT2D eigenvalue weighted by Gasteiger charge is -2.31. The molecule has 1 atom stereocenters. The van der Waals surface area contributed by atoms with E-state index in [1.165, 1.54) is 11.9 Å². The van der Waals surface area contributed by atoms with Gasteiger partial charge < -0.3 is 5.11 Å². The molecule has 0 aromatic heterocycles. The lowest BCUT2D eigenvalue weighted by molar-refractivity contribution is -0.527. The number of aromatic hydroxyl groups is 1. The van der Waals surface area contributed by atoms with Crippen molar-refractivity contribution in [1.82, 2.24) is 15.2 Å². The lowest BCUT2D eigenvalue weighted by Crippen LogP contribution is -2.61. The van der Waals surface area contributed by atoms with Crippen LogP contribution < -0.4 is 5.43 Å². The van der Waals surface area contributed by atoms with Gasteiger partial charge in [-0.05, 0) is 36.8 Å². The Morgan fingerprint density at radius 1 is 1.33 bits per heavy atom. The minimum absolute atomic E-state index is 0.174. The zero-order valence-electron chi connectivity index (χ0n) is 15.4. The number of hydrogen-bond acceptors (Lipinski definition) is 6. The van der Waals surface area contributed by atoms with Crippen LogP contribution in [0.1, 0.15) is 12.5 Å². The zero-order chi connectivity index (χ0) is 19.7. The summed E-state index contributed by atoms with van der Waals surface area (Å²) in [6.45, 7) is 5.89. The van der Waals surface area contributed by atoms with Crippen LogP contribution in [0.2, 0.25) is 0 Å². The molecule has 0 spiro atoms. The van der Waals surface area contributed by atoms with Crippen molar-refractivity contribution in [3.05, 3.63) is 42.5 Å². The monoisotopic (exact) mass is 369 g/mol. The van der Waals surface area contributed by atoms with Crippen LogP contribution in [0.3, 0.4) is 0 Å². The molecule has 3 rings (SSSR count). The van der Waals surface area contributed by atoms with Crippen LogP contribution in [0, 0.1) is 0 Å². The van der Waals surface area contributed by atoms with Crippen LogP contribution >= 0.6 is 0 Å². The molecule has 0 radical (unpaired) electrons. The van der Waals surface area contributed by atoms with E-state index in [0.717, 1.165) is 10.5 Å². The number of nitrogens with one attached hydrogen (secondary N) is 1. The van der Waals surface area contributed by atoms with Gasteiger partial charge in [0.05, 0.1) is 12.3 Å². The van der Waals surface area contributed by atoms with Crippen molar-refractivity contribution in [1.29, 1.82) is 0 Å². The average molecular weight is 369 g/mol. The van der Waals surface area contributed by atoms with Crippen molar-refractivity contribution in [2.24, 2.45) is 10.1 Å². The molecule has 2 heterocycles. The molecule has 0 aliphatic carbocycles. The standard InChI is InChI=1S/C18H20N6O3/c1-5-10-24-14-15(22(3)18(27)23(4)16(14)26)19-17(24)21-20-11(2)12-6-8-13(25)9-7-12/h5-9,14H,1,10H2,2-4H3,(H,20,25)/p+1. The first kappa shape index (κ1) is 18.3. The van der Waals surface area contributed by atoms with Crippen LogP contribution in [0.25, 0.3) is 0 Å². The molecule has 1 unspecified atom stereocenters. The predicted octanol–water partition coefficient (Wildman–Crippen LogP) is 0.565. The molecule has 9 heteroatoms. The maximum Gasteiger partial charge on any atom is 0.414 e. The molecule has 1 aromatic carbocycles. The summed E-state index contributed by atoms with van der Waals surface area (Å²) in [6, 6.07) is 5.50. The third-order valence-electron chi connectivity index (χ3n) is 4.47. The fourth-order valence-corrected chi connectivity index (χ4v) is 2.92. The Kier molecular flexibility index (Phi) is 4.76. The van der Waals surface area contributed by atoms with E-state index in [0.29, 0.717) is 24.1 Å². The van der Waals surface area contributed by atoms with Crippen LogP contribution in [0.4, 0.5) is 4.79 Å². The largest absolute Gasteiger partial charge is 0.508 e. The van der Waals surface area contributed by atoms with E-state index >= 15 is 0 Å².